The lowest BCUT2D eigenvalue weighted by atomic mass is 10.0. The molecule has 1 saturated heterocycles. The van der Waals surface area contributed by atoms with Crippen LogP contribution in [0.5, 0.6) is 0 Å². The molecule has 1 nitrogen and oxygen atoms in total. The fourth-order valence-electron chi connectivity index (χ4n) is 2.17. The van der Waals surface area contributed by atoms with Gasteiger partial charge in [-0.25, -0.2) is 0 Å². The third-order valence-electron chi connectivity index (χ3n) is 3.44. The lowest BCUT2D eigenvalue weighted by Crippen LogP contribution is -2.33. The van der Waals surface area contributed by atoms with E-state index in [2.05, 4.69) is 18.3 Å². The molecule has 94 valence electrons. The Kier molecular flexibility index (Phi) is 8.51. The summed E-state index contributed by atoms with van der Waals surface area (Å²) in [6, 6.07) is 0. The van der Waals surface area contributed by atoms with Crippen LogP contribution in [0.2, 0.25) is 0 Å². The van der Waals surface area contributed by atoms with Crippen molar-refractivity contribution in [3.8, 4) is 0 Å². The van der Waals surface area contributed by atoms with Crippen LogP contribution < -0.4 is 5.32 Å². The van der Waals surface area contributed by atoms with Crippen molar-refractivity contribution in [1.82, 2.24) is 5.32 Å². The van der Waals surface area contributed by atoms with Gasteiger partial charge >= 0.3 is 0 Å². The molecule has 1 heteroatoms. The van der Waals surface area contributed by atoms with Gasteiger partial charge in [0, 0.05) is 13.1 Å². The molecular weight excluding hydrogens is 194 g/mol. The van der Waals surface area contributed by atoms with Gasteiger partial charge in [-0.3, -0.25) is 0 Å². The Morgan fingerprint density at radius 3 is 1.94 bits per heavy atom. The average molecular weight is 223 g/mol. The molecule has 1 N–H and O–H groups in total. The molecule has 1 rings (SSSR count). The molecule has 0 aliphatic carbocycles. The highest BCUT2D eigenvalue weighted by Crippen LogP contribution is 2.11. The summed E-state index contributed by atoms with van der Waals surface area (Å²) in [4.78, 5) is 0. The van der Waals surface area contributed by atoms with Crippen LogP contribution in [0.1, 0.15) is 71.1 Å². The van der Waals surface area contributed by atoms with E-state index < -0.39 is 0 Å². The third-order valence-corrected chi connectivity index (χ3v) is 3.44. The van der Waals surface area contributed by atoms with Crippen molar-refractivity contribution in [3.63, 3.8) is 0 Å². The molecule has 0 aromatic heterocycles. The minimum atomic E-state index is 1.15. The van der Waals surface area contributed by atoms with Crippen LogP contribution in [-0.2, 0) is 0 Å². The molecule has 0 aromatic carbocycles. The van der Waals surface area contributed by atoms with Crippen LogP contribution in [0, 0.1) is 0 Å². The molecule has 0 saturated carbocycles. The first-order valence-electron chi connectivity index (χ1n) is 7.32. The summed E-state index contributed by atoms with van der Waals surface area (Å²) < 4.78 is 0. The Morgan fingerprint density at radius 2 is 1.44 bits per heavy atom. The van der Waals surface area contributed by atoms with E-state index in [1.54, 1.807) is 5.57 Å². The molecule has 0 spiro atoms. The second kappa shape index (κ2) is 9.89. The quantitative estimate of drug-likeness (QED) is 0.426. The molecule has 0 amide bonds. The minimum absolute atomic E-state index is 1.15. The first-order chi connectivity index (χ1) is 7.93. The van der Waals surface area contributed by atoms with E-state index in [1.165, 1.54) is 64.2 Å². The molecule has 0 radical (unpaired) electrons. The number of allylic oxidation sites excluding steroid dienone is 1. The molecule has 0 aromatic rings. The smallest absolute Gasteiger partial charge is 0.0180 e. The summed E-state index contributed by atoms with van der Waals surface area (Å²) in [5, 5.41) is 3.28. The third kappa shape index (κ3) is 7.05. The summed E-state index contributed by atoms with van der Waals surface area (Å²) in [7, 11) is 0. The first-order valence-corrected chi connectivity index (χ1v) is 7.32. The SMILES string of the molecule is CCCCCCCCCCCC=C1CNC1. The van der Waals surface area contributed by atoms with Crippen molar-refractivity contribution >= 4 is 0 Å². The van der Waals surface area contributed by atoms with E-state index in [4.69, 9.17) is 0 Å². The average Bonchev–Trinajstić information content (AvgIpc) is 2.23. The van der Waals surface area contributed by atoms with Crippen molar-refractivity contribution in [1.29, 1.82) is 0 Å². The predicted molar refractivity (Wildman–Crippen MR) is 72.8 cm³/mol. The Balaban J connectivity index is 1.71. The molecule has 0 bridgehead atoms. The lowest BCUT2D eigenvalue weighted by molar-refractivity contribution is 0.565. The predicted octanol–water partition coefficient (Wildman–Crippen LogP) is 4.44. The monoisotopic (exact) mass is 223 g/mol. The van der Waals surface area contributed by atoms with Crippen LogP contribution in [0.4, 0.5) is 0 Å². The zero-order chi connectivity index (χ0) is 11.5. The normalized spacial score (nSPS) is 14.9. The molecule has 0 atom stereocenters. The number of hydrogen-bond acceptors (Lipinski definition) is 1. The summed E-state index contributed by atoms with van der Waals surface area (Å²) >= 11 is 0. The van der Waals surface area contributed by atoms with E-state index in [-0.39, 0.29) is 0 Å². The summed E-state index contributed by atoms with van der Waals surface area (Å²) in [6.45, 7) is 4.58. The van der Waals surface area contributed by atoms with Gasteiger partial charge in [-0.1, -0.05) is 64.4 Å². The van der Waals surface area contributed by atoms with Gasteiger partial charge in [0.2, 0.25) is 0 Å². The number of rotatable bonds is 10. The summed E-state index contributed by atoms with van der Waals surface area (Å²) in [5.41, 5.74) is 1.62. The second-order valence-corrected chi connectivity index (χ2v) is 5.08. The van der Waals surface area contributed by atoms with Crippen LogP contribution in [0.15, 0.2) is 11.6 Å². The standard InChI is InChI=1S/C15H29N/c1-2-3-4-5-6-7-8-9-10-11-12-15-13-16-14-15/h12,16H,2-11,13-14H2,1H3. The van der Waals surface area contributed by atoms with Crippen molar-refractivity contribution in [3.05, 3.63) is 11.6 Å². The first kappa shape index (κ1) is 13.8. The maximum Gasteiger partial charge on any atom is 0.0180 e. The van der Waals surface area contributed by atoms with Gasteiger partial charge in [0.15, 0.2) is 0 Å². The molecule has 1 aliphatic heterocycles. The molecular formula is C15H29N. The van der Waals surface area contributed by atoms with E-state index in [1.807, 2.05) is 0 Å². The summed E-state index contributed by atoms with van der Waals surface area (Å²) in [5.74, 6) is 0. The fraction of sp³-hybridized carbons (Fsp3) is 0.867. The van der Waals surface area contributed by atoms with Crippen LogP contribution in [-0.4, -0.2) is 13.1 Å². The van der Waals surface area contributed by atoms with E-state index in [0.29, 0.717) is 0 Å². The number of nitrogens with one attached hydrogen (secondary N) is 1. The number of hydrogen-bond donors (Lipinski definition) is 1. The van der Waals surface area contributed by atoms with Crippen LogP contribution in [0.3, 0.4) is 0 Å². The van der Waals surface area contributed by atoms with Gasteiger partial charge in [-0.2, -0.15) is 0 Å². The largest absolute Gasteiger partial charge is 0.309 e. The highest BCUT2D eigenvalue weighted by molar-refractivity contribution is 5.13. The topological polar surface area (TPSA) is 12.0 Å². The van der Waals surface area contributed by atoms with E-state index in [9.17, 15) is 0 Å². The Labute approximate surface area is 102 Å². The van der Waals surface area contributed by atoms with Crippen molar-refractivity contribution in [2.45, 2.75) is 71.1 Å². The Morgan fingerprint density at radius 1 is 0.875 bits per heavy atom. The van der Waals surface area contributed by atoms with Crippen molar-refractivity contribution in [2.24, 2.45) is 0 Å². The van der Waals surface area contributed by atoms with E-state index >= 15 is 0 Å². The zero-order valence-corrected chi connectivity index (χ0v) is 11.1. The molecule has 1 aliphatic rings. The van der Waals surface area contributed by atoms with Gasteiger partial charge in [-0.15, -0.1) is 0 Å². The fourth-order valence-corrected chi connectivity index (χ4v) is 2.17. The van der Waals surface area contributed by atoms with Crippen LogP contribution >= 0.6 is 0 Å². The maximum absolute atomic E-state index is 3.28. The van der Waals surface area contributed by atoms with Crippen molar-refractivity contribution < 1.29 is 0 Å². The lowest BCUT2D eigenvalue weighted by Gasteiger charge is -2.18. The molecule has 1 fully saturated rings. The molecule has 1 heterocycles. The zero-order valence-electron chi connectivity index (χ0n) is 11.1. The highest BCUT2D eigenvalue weighted by Gasteiger charge is 2.04. The maximum atomic E-state index is 3.28. The van der Waals surface area contributed by atoms with Crippen molar-refractivity contribution in [2.75, 3.05) is 13.1 Å². The van der Waals surface area contributed by atoms with E-state index in [0.717, 1.165) is 13.1 Å². The van der Waals surface area contributed by atoms with Crippen LogP contribution in [0.25, 0.3) is 0 Å². The van der Waals surface area contributed by atoms with Gasteiger partial charge in [0.25, 0.3) is 0 Å². The number of unbranched alkanes of at least 4 members (excludes halogenated alkanes) is 9. The van der Waals surface area contributed by atoms with Gasteiger partial charge in [-0.05, 0) is 18.4 Å². The Hall–Kier alpha value is -0.300. The summed E-state index contributed by atoms with van der Waals surface area (Å²) in [6.07, 6.45) is 16.7. The van der Waals surface area contributed by atoms with Gasteiger partial charge < -0.3 is 5.32 Å². The highest BCUT2D eigenvalue weighted by atomic mass is 14.9. The minimum Gasteiger partial charge on any atom is -0.309 e. The molecule has 16 heavy (non-hydrogen) atoms. The van der Waals surface area contributed by atoms with Gasteiger partial charge in [0.05, 0.1) is 0 Å². The van der Waals surface area contributed by atoms with Gasteiger partial charge in [0.1, 0.15) is 0 Å². The second-order valence-electron chi connectivity index (χ2n) is 5.08. The Bertz CT molecular complexity index is 178. The molecule has 0 unspecified atom stereocenters.